The summed E-state index contributed by atoms with van der Waals surface area (Å²) >= 11 is 4.03. The molecule has 1 fully saturated rings. The van der Waals surface area contributed by atoms with Crippen LogP contribution in [0.2, 0.25) is 0 Å². The minimum atomic E-state index is 0.0442. The molecule has 0 saturated carbocycles. The molecule has 1 saturated heterocycles. The number of hydrogen-bond donors (Lipinski definition) is 1. The Bertz CT molecular complexity index is 411. The fourth-order valence-corrected chi connectivity index (χ4v) is 5.21. The zero-order chi connectivity index (χ0) is 13.8. The number of nitrogens with two attached hydrogens (primary N) is 1. The summed E-state index contributed by atoms with van der Waals surface area (Å²) < 4.78 is 5.90. The summed E-state index contributed by atoms with van der Waals surface area (Å²) in [5.41, 5.74) is 7.66. The number of thioether (sulfide) groups is 2. The Kier molecular flexibility index (Phi) is 5.48. The van der Waals surface area contributed by atoms with Crippen LogP contribution >= 0.6 is 23.5 Å². The number of para-hydroxylation sites is 1. The third-order valence-electron chi connectivity index (χ3n) is 3.23. The number of benzene rings is 1. The normalized spacial score (nSPS) is 25.3. The van der Waals surface area contributed by atoms with E-state index in [0.717, 1.165) is 11.3 Å². The molecule has 2 N–H and O–H groups in total. The van der Waals surface area contributed by atoms with Gasteiger partial charge in [0.25, 0.3) is 0 Å². The van der Waals surface area contributed by atoms with Crippen LogP contribution in [0.25, 0.3) is 0 Å². The second kappa shape index (κ2) is 6.91. The van der Waals surface area contributed by atoms with Crippen LogP contribution in [0.4, 0.5) is 0 Å². The molecule has 0 radical (unpaired) electrons. The maximum atomic E-state index is 6.52. The minimum absolute atomic E-state index is 0.0442. The summed E-state index contributed by atoms with van der Waals surface area (Å²) in [6, 6.07) is 8.24. The van der Waals surface area contributed by atoms with E-state index >= 15 is 0 Å². The zero-order valence-corrected chi connectivity index (χ0v) is 13.5. The molecule has 1 aliphatic rings. The molecule has 0 spiro atoms. The van der Waals surface area contributed by atoms with Gasteiger partial charge in [-0.2, -0.15) is 23.5 Å². The van der Waals surface area contributed by atoms with Gasteiger partial charge < -0.3 is 10.5 Å². The highest BCUT2D eigenvalue weighted by molar-refractivity contribution is 8.07. The van der Waals surface area contributed by atoms with Crippen molar-refractivity contribution in [1.82, 2.24) is 0 Å². The smallest absolute Gasteiger partial charge is 0.124 e. The molecule has 4 heteroatoms. The predicted molar refractivity (Wildman–Crippen MR) is 87.3 cm³/mol. The van der Waals surface area contributed by atoms with Crippen LogP contribution in [-0.2, 0) is 0 Å². The predicted octanol–water partition coefficient (Wildman–Crippen LogP) is 3.71. The largest absolute Gasteiger partial charge is 0.491 e. The van der Waals surface area contributed by atoms with Crippen LogP contribution in [-0.4, -0.2) is 28.1 Å². The first-order valence-electron chi connectivity index (χ1n) is 6.84. The van der Waals surface area contributed by atoms with Crippen molar-refractivity contribution in [2.45, 2.75) is 43.4 Å². The number of ether oxygens (including phenoxy) is 1. The van der Waals surface area contributed by atoms with Crippen LogP contribution in [0.3, 0.4) is 0 Å². The molecule has 0 aromatic heterocycles. The van der Waals surface area contributed by atoms with Crippen molar-refractivity contribution in [2.24, 2.45) is 5.73 Å². The SMILES string of the molecule is CC(C)Oc1ccccc1C(N)C1SCCSC1C. The van der Waals surface area contributed by atoms with Gasteiger partial charge >= 0.3 is 0 Å². The molecule has 0 amide bonds. The quantitative estimate of drug-likeness (QED) is 0.919. The van der Waals surface area contributed by atoms with Gasteiger partial charge in [0, 0.05) is 33.6 Å². The van der Waals surface area contributed by atoms with Gasteiger partial charge in [-0.1, -0.05) is 25.1 Å². The third-order valence-corrected chi connectivity index (χ3v) is 6.45. The Morgan fingerprint density at radius 3 is 2.58 bits per heavy atom. The van der Waals surface area contributed by atoms with Crippen molar-refractivity contribution < 1.29 is 4.74 Å². The van der Waals surface area contributed by atoms with E-state index in [4.69, 9.17) is 10.5 Å². The van der Waals surface area contributed by atoms with Gasteiger partial charge in [0.15, 0.2) is 0 Å². The van der Waals surface area contributed by atoms with Gasteiger partial charge in [-0.15, -0.1) is 0 Å². The molecule has 3 atom stereocenters. The Morgan fingerprint density at radius 1 is 1.21 bits per heavy atom. The Labute approximate surface area is 124 Å². The molecule has 1 heterocycles. The molecular formula is C15H23NOS2. The average molecular weight is 297 g/mol. The maximum Gasteiger partial charge on any atom is 0.124 e. The van der Waals surface area contributed by atoms with E-state index in [0.29, 0.717) is 10.5 Å². The highest BCUT2D eigenvalue weighted by Crippen LogP contribution is 2.39. The number of rotatable bonds is 4. The lowest BCUT2D eigenvalue weighted by molar-refractivity contribution is 0.238. The van der Waals surface area contributed by atoms with Gasteiger partial charge in [0.2, 0.25) is 0 Å². The van der Waals surface area contributed by atoms with E-state index in [9.17, 15) is 0 Å². The fourth-order valence-electron chi connectivity index (χ4n) is 2.34. The second-order valence-electron chi connectivity index (χ2n) is 5.14. The van der Waals surface area contributed by atoms with Gasteiger partial charge in [-0.25, -0.2) is 0 Å². The second-order valence-corrected chi connectivity index (χ2v) is 7.91. The first-order valence-corrected chi connectivity index (χ1v) is 8.93. The van der Waals surface area contributed by atoms with Gasteiger partial charge in [0.05, 0.1) is 6.10 Å². The Morgan fingerprint density at radius 2 is 1.89 bits per heavy atom. The Balaban J connectivity index is 2.20. The monoisotopic (exact) mass is 297 g/mol. The lowest BCUT2D eigenvalue weighted by Gasteiger charge is -2.33. The van der Waals surface area contributed by atoms with Crippen LogP contribution in [0.15, 0.2) is 24.3 Å². The highest BCUT2D eigenvalue weighted by Gasteiger charge is 2.30. The first kappa shape index (κ1) is 15.1. The van der Waals surface area contributed by atoms with Crippen molar-refractivity contribution >= 4 is 23.5 Å². The summed E-state index contributed by atoms with van der Waals surface area (Å²) in [4.78, 5) is 0. The summed E-state index contributed by atoms with van der Waals surface area (Å²) in [6.45, 7) is 6.39. The summed E-state index contributed by atoms with van der Waals surface area (Å²) in [5, 5.41) is 1.07. The summed E-state index contributed by atoms with van der Waals surface area (Å²) in [7, 11) is 0. The molecule has 3 unspecified atom stereocenters. The zero-order valence-electron chi connectivity index (χ0n) is 11.8. The molecule has 19 heavy (non-hydrogen) atoms. The Hall–Kier alpha value is -0.320. The van der Waals surface area contributed by atoms with Crippen molar-refractivity contribution in [3.05, 3.63) is 29.8 Å². The van der Waals surface area contributed by atoms with Crippen LogP contribution in [0.1, 0.15) is 32.4 Å². The van der Waals surface area contributed by atoms with E-state index in [1.807, 2.05) is 41.7 Å². The average Bonchev–Trinajstić information content (AvgIpc) is 2.38. The van der Waals surface area contributed by atoms with Crippen molar-refractivity contribution in [3.63, 3.8) is 0 Å². The van der Waals surface area contributed by atoms with Crippen LogP contribution in [0.5, 0.6) is 5.75 Å². The topological polar surface area (TPSA) is 35.2 Å². The van der Waals surface area contributed by atoms with E-state index in [-0.39, 0.29) is 12.1 Å². The molecule has 0 bridgehead atoms. The molecule has 106 valence electrons. The molecule has 0 aliphatic carbocycles. The summed E-state index contributed by atoms with van der Waals surface area (Å²) in [6.07, 6.45) is 0.180. The molecule has 1 aromatic rings. The van der Waals surface area contributed by atoms with Crippen LogP contribution < -0.4 is 10.5 Å². The minimum Gasteiger partial charge on any atom is -0.491 e. The van der Waals surface area contributed by atoms with Crippen molar-refractivity contribution in [2.75, 3.05) is 11.5 Å². The van der Waals surface area contributed by atoms with E-state index in [1.54, 1.807) is 0 Å². The van der Waals surface area contributed by atoms with E-state index in [1.165, 1.54) is 11.5 Å². The van der Waals surface area contributed by atoms with Gasteiger partial charge in [-0.05, 0) is 19.9 Å². The standard InChI is InChI=1S/C15H23NOS2/c1-10(2)17-13-7-5-4-6-12(13)14(16)15-11(3)18-8-9-19-15/h4-7,10-11,14-15H,8-9,16H2,1-3H3. The number of hydrogen-bond acceptors (Lipinski definition) is 4. The lowest BCUT2D eigenvalue weighted by Crippen LogP contribution is -2.34. The maximum absolute atomic E-state index is 6.52. The van der Waals surface area contributed by atoms with E-state index in [2.05, 4.69) is 26.8 Å². The molecule has 1 aliphatic heterocycles. The highest BCUT2D eigenvalue weighted by atomic mass is 32.2. The molecule has 2 nitrogen and oxygen atoms in total. The first-order chi connectivity index (χ1) is 9.09. The molecule has 1 aromatic carbocycles. The molecule has 2 rings (SSSR count). The van der Waals surface area contributed by atoms with Crippen molar-refractivity contribution in [3.8, 4) is 5.75 Å². The third kappa shape index (κ3) is 3.83. The molecular weight excluding hydrogens is 274 g/mol. The lowest BCUT2D eigenvalue weighted by atomic mass is 10.0. The van der Waals surface area contributed by atoms with Gasteiger partial charge in [-0.3, -0.25) is 0 Å². The van der Waals surface area contributed by atoms with Crippen molar-refractivity contribution in [1.29, 1.82) is 0 Å². The fraction of sp³-hybridized carbons (Fsp3) is 0.600. The van der Waals surface area contributed by atoms with E-state index < -0.39 is 0 Å². The van der Waals surface area contributed by atoms with Crippen LogP contribution in [0, 0.1) is 0 Å². The summed E-state index contributed by atoms with van der Waals surface area (Å²) in [5.74, 6) is 3.37. The van der Waals surface area contributed by atoms with Gasteiger partial charge in [0.1, 0.15) is 5.75 Å².